The molecule has 0 aliphatic carbocycles. The molecule has 0 radical (unpaired) electrons. The number of hydrogen-bond acceptors (Lipinski definition) is 6. The van der Waals surface area contributed by atoms with Crippen molar-refractivity contribution in [2.75, 3.05) is 33.5 Å². The molecule has 3 aromatic carbocycles. The first-order valence-corrected chi connectivity index (χ1v) is 14.5. The first-order valence-electron chi connectivity index (χ1n) is 14.5. The summed E-state index contributed by atoms with van der Waals surface area (Å²) in [5.74, 6) is -1.47. The maximum Gasteiger partial charge on any atom is 0.303 e. The minimum absolute atomic E-state index is 0.0112. The van der Waals surface area contributed by atoms with Crippen LogP contribution >= 0.6 is 0 Å². The lowest BCUT2D eigenvalue weighted by Crippen LogP contribution is -2.30. The number of nitrogens with one attached hydrogen (secondary N) is 2. The van der Waals surface area contributed by atoms with Gasteiger partial charge in [0.1, 0.15) is 23.0 Å². The number of halogens is 2. The summed E-state index contributed by atoms with van der Waals surface area (Å²) in [6, 6.07) is 14.8. The van der Waals surface area contributed by atoms with Gasteiger partial charge < -0.3 is 34.0 Å². The van der Waals surface area contributed by atoms with E-state index in [2.05, 4.69) is 15.0 Å². The van der Waals surface area contributed by atoms with Crippen molar-refractivity contribution in [1.29, 1.82) is 0 Å². The molecule has 45 heavy (non-hydrogen) atoms. The number of fused-ring (bicyclic) bond motifs is 1. The zero-order valence-electron chi connectivity index (χ0n) is 25.3. The summed E-state index contributed by atoms with van der Waals surface area (Å²) in [4.78, 5) is 21.8. The summed E-state index contributed by atoms with van der Waals surface area (Å²) < 4.78 is 53.1. The normalized spacial score (nSPS) is 12.8. The van der Waals surface area contributed by atoms with Crippen LogP contribution in [0.3, 0.4) is 0 Å². The second-order valence-corrected chi connectivity index (χ2v) is 10.7. The van der Waals surface area contributed by atoms with Gasteiger partial charge in [0, 0.05) is 42.3 Å². The van der Waals surface area contributed by atoms with E-state index in [1.54, 1.807) is 26.4 Å². The van der Waals surface area contributed by atoms with Crippen molar-refractivity contribution in [2.45, 2.75) is 32.3 Å². The molecule has 0 saturated heterocycles. The molecule has 0 saturated carbocycles. The third-order valence-electron chi connectivity index (χ3n) is 7.67. The summed E-state index contributed by atoms with van der Waals surface area (Å²) in [6.45, 7) is 5.01. The number of carbonyl (C=O) groups is 1. The van der Waals surface area contributed by atoms with Crippen LogP contribution in [0.4, 0.5) is 8.78 Å². The van der Waals surface area contributed by atoms with Crippen LogP contribution in [0.5, 0.6) is 11.5 Å². The minimum Gasteiger partial charge on any atom is -0.481 e. The Balaban J connectivity index is 1.45. The fraction of sp³-hybridized carbons (Fsp3) is 0.294. The van der Waals surface area contributed by atoms with Gasteiger partial charge in [0.05, 0.1) is 43.9 Å². The Bertz CT molecular complexity index is 1790. The van der Waals surface area contributed by atoms with E-state index in [-0.39, 0.29) is 35.9 Å². The summed E-state index contributed by atoms with van der Waals surface area (Å²) >= 11 is 0. The molecule has 0 amide bonds. The topological polar surface area (TPSA) is 119 Å². The fourth-order valence-corrected chi connectivity index (χ4v) is 5.16. The molecule has 0 fully saturated rings. The summed E-state index contributed by atoms with van der Waals surface area (Å²) in [5.41, 5.74) is 2.43. The van der Waals surface area contributed by atoms with Gasteiger partial charge in [-0.15, -0.1) is 0 Å². The lowest BCUT2D eigenvalue weighted by Gasteiger charge is -2.30. The van der Waals surface area contributed by atoms with Gasteiger partial charge in [-0.2, -0.15) is 0 Å². The second-order valence-electron chi connectivity index (χ2n) is 10.7. The molecule has 2 heterocycles. The molecule has 5 rings (SSSR count). The average molecular weight is 620 g/mol. The number of methoxy groups -OCH3 is 1. The molecule has 2 aromatic heterocycles. The first-order chi connectivity index (χ1) is 21.7. The predicted molar refractivity (Wildman–Crippen MR) is 165 cm³/mol. The van der Waals surface area contributed by atoms with Gasteiger partial charge >= 0.3 is 5.97 Å². The maximum atomic E-state index is 15.2. The van der Waals surface area contributed by atoms with Crippen molar-refractivity contribution in [3.63, 3.8) is 0 Å². The van der Waals surface area contributed by atoms with Crippen molar-refractivity contribution in [1.82, 2.24) is 15.0 Å². The van der Waals surface area contributed by atoms with E-state index in [0.29, 0.717) is 43.0 Å². The van der Waals surface area contributed by atoms with Crippen molar-refractivity contribution < 1.29 is 37.6 Å². The zero-order chi connectivity index (χ0) is 32.0. The van der Waals surface area contributed by atoms with E-state index in [9.17, 15) is 9.18 Å². The van der Waals surface area contributed by atoms with Crippen LogP contribution in [0.15, 0.2) is 67.0 Å². The Kier molecular flexibility index (Phi) is 9.92. The van der Waals surface area contributed by atoms with Crippen LogP contribution in [0.25, 0.3) is 22.3 Å². The molecule has 0 spiro atoms. The summed E-state index contributed by atoms with van der Waals surface area (Å²) in [7, 11) is 1.59. The molecule has 0 bridgehead atoms. The van der Waals surface area contributed by atoms with Crippen LogP contribution in [-0.4, -0.2) is 59.6 Å². The third-order valence-corrected chi connectivity index (χ3v) is 7.67. The molecule has 0 aliphatic heterocycles. The molecule has 5 aromatic rings. The van der Waals surface area contributed by atoms with E-state index in [1.807, 2.05) is 37.3 Å². The van der Waals surface area contributed by atoms with Gasteiger partial charge in [-0.1, -0.05) is 24.3 Å². The third kappa shape index (κ3) is 7.22. The van der Waals surface area contributed by atoms with Gasteiger partial charge in [0.2, 0.25) is 0 Å². The van der Waals surface area contributed by atoms with Gasteiger partial charge in [-0.25, -0.2) is 13.8 Å². The van der Waals surface area contributed by atoms with E-state index >= 15 is 4.39 Å². The number of rotatable bonds is 15. The fourth-order valence-electron chi connectivity index (χ4n) is 5.16. The molecule has 1 atom stereocenters. The standard InChI is InChI=1S/C34H35F2N3O6/c1-21-25-11-12-37-29(25)19-28(36)32(21)45-24-8-9-27(35)26(18-24)33-38-20-30(39-33)34(2,44-16-15-43-14-13-42-3)23-6-4-5-22(17-23)7-10-31(40)41/h4-6,8-9,11-12,17-20,37H,7,10,13-16H2,1-3H3,(H,38,39)(H,40,41). The highest BCUT2D eigenvalue weighted by atomic mass is 19.1. The molecule has 9 nitrogen and oxygen atoms in total. The summed E-state index contributed by atoms with van der Waals surface area (Å²) in [6.07, 6.45) is 3.64. The number of aromatic nitrogens is 3. The molecule has 236 valence electrons. The van der Waals surface area contributed by atoms with Crippen molar-refractivity contribution in [3.8, 4) is 22.9 Å². The number of hydrogen-bond donors (Lipinski definition) is 3. The van der Waals surface area contributed by atoms with E-state index < -0.39 is 23.2 Å². The van der Waals surface area contributed by atoms with E-state index in [1.165, 1.54) is 24.3 Å². The molecular formula is C34H35F2N3O6. The SMILES string of the molecule is COCCOCCOC(C)(c1cccc(CCC(=O)O)c1)c1cnc(-c2cc(Oc3c(F)cc4[nH]ccc4c3C)ccc2F)[nH]1. The molecular weight excluding hydrogens is 584 g/mol. The molecule has 1 unspecified atom stereocenters. The van der Waals surface area contributed by atoms with Crippen LogP contribution in [0.2, 0.25) is 0 Å². The number of aromatic amines is 2. The Hall–Kier alpha value is -4.58. The molecule has 0 aliphatic rings. The van der Waals surface area contributed by atoms with Gasteiger partial charge in [-0.05, 0) is 55.7 Å². The highest BCUT2D eigenvalue weighted by Crippen LogP contribution is 2.37. The zero-order valence-corrected chi connectivity index (χ0v) is 25.3. The largest absolute Gasteiger partial charge is 0.481 e. The maximum absolute atomic E-state index is 15.2. The lowest BCUT2D eigenvalue weighted by atomic mass is 9.90. The number of nitrogens with zero attached hydrogens (tertiary/aromatic N) is 1. The van der Waals surface area contributed by atoms with Crippen LogP contribution in [0.1, 0.15) is 35.7 Å². The van der Waals surface area contributed by atoms with Crippen molar-refractivity contribution >= 4 is 16.9 Å². The average Bonchev–Trinajstić information content (AvgIpc) is 3.72. The van der Waals surface area contributed by atoms with Gasteiger partial charge in [0.15, 0.2) is 11.6 Å². The molecule has 11 heteroatoms. The van der Waals surface area contributed by atoms with Gasteiger partial charge in [0.25, 0.3) is 0 Å². The number of carboxylic acids is 1. The van der Waals surface area contributed by atoms with Crippen molar-refractivity contribution in [3.05, 3.63) is 101 Å². The molecule has 3 N–H and O–H groups in total. The van der Waals surface area contributed by atoms with Gasteiger partial charge in [-0.3, -0.25) is 4.79 Å². The lowest BCUT2D eigenvalue weighted by molar-refractivity contribution is -0.136. The number of aliphatic carboxylic acids is 1. The smallest absolute Gasteiger partial charge is 0.303 e. The number of aryl methyl sites for hydroxylation is 2. The first kappa shape index (κ1) is 31.8. The number of H-pyrrole nitrogens is 2. The Morgan fingerprint density at radius 2 is 1.84 bits per heavy atom. The van der Waals surface area contributed by atoms with Crippen LogP contribution < -0.4 is 4.74 Å². The number of carboxylic acid groups (broad SMARTS) is 1. The van der Waals surface area contributed by atoms with Crippen LogP contribution in [-0.2, 0) is 31.0 Å². The minimum atomic E-state index is -1.08. The van der Waals surface area contributed by atoms with E-state index in [4.69, 9.17) is 24.1 Å². The quantitative estimate of drug-likeness (QED) is 0.109. The number of ether oxygens (including phenoxy) is 4. The van der Waals surface area contributed by atoms with E-state index in [0.717, 1.165) is 16.5 Å². The van der Waals surface area contributed by atoms with Crippen LogP contribution in [0, 0.1) is 18.6 Å². The highest BCUT2D eigenvalue weighted by Gasteiger charge is 2.33. The Labute approximate surface area is 259 Å². The monoisotopic (exact) mass is 619 g/mol. The highest BCUT2D eigenvalue weighted by molar-refractivity contribution is 5.85. The van der Waals surface area contributed by atoms with Crippen molar-refractivity contribution in [2.24, 2.45) is 0 Å². The summed E-state index contributed by atoms with van der Waals surface area (Å²) in [5, 5.41) is 9.98. The second kappa shape index (κ2) is 14.0. The Morgan fingerprint density at radius 1 is 1.02 bits per heavy atom. The Morgan fingerprint density at radius 3 is 2.64 bits per heavy atom. The number of imidazole rings is 1. The number of benzene rings is 3. The predicted octanol–water partition coefficient (Wildman–Crippen LogP) is 6.90.